The summed E-state index contributed by atoms with van der Waals surface area (Å²) in [6.45, 7) is 18.0. The van der Waals surface area contributed by atoms with Crippen LogP contribution in [0.3, 0.4) is 0 Å². The van der Waals surface area contributed by atoms with Crippen molar-refractivity contribution in [2.45, 2.75) is 101 Å². The largest absolute Gasteiger partial charge is 0.543 e. The van der Waals surface area contributed by atoms with Crippen molar-refractivity contribution in [1.29, 1.82) is 0 Å². The van der Waals surface area contributed by atoms with E-state index in [-0.39, 0.29) is 10.8 Å². The van der Waals surface area contributed by atoms with Gasteiger partial charge in [0.2, 0.25) is 8.32 Å². The van der Waals surface area contributed by atoms with E-state index in [0.29, 0.717) is 42.9 Å². The summed E-state index contributed by atoms with van der Waals surface area (Å²) in [6, 6.07) is 5.77. The van der Waals surface area contributed by atoms with Crippen LogP contribution >= 0.6 is 0 Å². The van der Waals surface area contributed by atoms with Crippen molar-refractivity contribution in [3.63, 3.8) is 0 Å². The fourth-order valence-electron chi connectivity index (χ4n) is 5.07. The first-order valence-electron chi connectivity index (χ1n) is 12.6. The van der Waals surface area contributed by atoms with E-state index in [9.17, 15) is 9.59 Å². The molecular formula is C27H39NO5Si2. The molecule has 1 aromatic rings. The molecule has 35 heavy (non-hydrogen) atoms. The van der Waals surface area contributed by atoms with Crippen LogP contribution in [0.15, 0.2) is 18.2 Å². The summed E-state index contributed by atoms with van der Waals surface area (Å²) in [4.78, 5) is 28.3. The van der Waals surface area contributed by atoms with Gasteiger partial charge in [0.05, 0.1) is 12.3 Å². The monoisotopic (exact) mass is 513 g/mol. The van der Waals surface area contributed by atoms with Gasteiger partial charge in [0.15, 0.2) is 11.4 Å². The molecule has 3 atom stereocenters. The van der Waals surface area contributed by atoms with E-state index in [1.165, 1.54) is 0 Å². The number of anilines is 1. The quantitative estimate of drug-likeness (QED) is 0.271. The van der Waals surface area contributed by atoms with Crippen molar-refractivity contribution in [2.75, 3.05) is 11.5 Å². The van der Waals surface area contributed by atoms with E-state index in [1.54, 1.807) is 4.90 Å². The molecule has 1 saturated heterocycles. The van der Waals surface area contributed by atoms with Gasteiger partial charge in [0.1, 0.15) is 17.4 Å². The van der Waals surface area contributed by atoms with Crippen molar-refractivity contribution in [3.05, 3.63) is 23.8 Å². The Morgan fingerprint density at radius 2 is 1.94 bits per heavy atom. The molecule has 2 fully saturated rings. The molecule has 0 bridgehead atoms. The van der Waals surface area contributed by atoms with Crippen LogP contribution in [0.5, 0.6) is 5.75 Å². The number of benzene rings is 1. The first kappa shape index (κ1) is 26.0. The lowest BCUT2D eigenvalue weighted by atomic mass is 9.68. The molecule has 0 N–H and O–H groups in total. The Labute approximate surface area is 211 Å². The second-order valence-corrected chi connectivity index (χ2v) is 23.2. The maximum atomic E-state index is 13.4. The Balaban J connectivity index is 1.77. The molecule has 0 radical (unpaired) electrons. The van der Waals surface area contributed by atoms with Crippen LogP contribution in [0.2, 0.25) is 43.8 Å². The molecule has 0 aromatic heterocycles. The third-order valence-electron chi connectivity index (χ3n) is 8.15. The third-order valence-corrected chi connectivity index (χ3v) is 14.2. The molecule has 2 aliphatic heterocycles. The number of carbonyl (C=O) groups is 2. The second kappa shape index (κ2) is 8.22. The van der Waals surface area contributed by atoms with Crippen LogP contribution in [-0.2, 0) is 19.9 Å². The summed E-state index contributed by atoms with van der Waals surface area (Å²) < 4.78 is 18.7. The van der Waals surface area contributed by atoms with Crippen molar-refractivity contribution in [3.8, 4) is 18.1 Å². The standard InChI is InChI=1S/C27H39NO5Si2/c1-10-22-26-15-11-12-23(29)27(26,33-26)20-18-19(32-35(8,9)25(2,3)4)13-14-21(20)28(22)24(30)31-16-17-34(5,6)7/h1,13-14,18,22H,11-12,15-17H2,2-9H3/t22-,26-,27-/m0/s1. The average Bonchev–Trinajstić information content (AvgIpc) is 3.44. The summed E-state index contributed by atoms with van der Waals surface area (Å²) in [7, 11) is -3.50. The van der Waals surface area contributed by atoms with E-state index < -0.39 is 39.7 Å². The van der Waals surface area contributed by atoms with Gasteiger partial charge >= 0.3 is 6.09 Å². The molecule has 1 aromatic carbocycles. The number of rotatable bonds is 5. The number of nitrogens with zero attached hydrogens (tertiary/aromatic N) is 1. The topological polar surface area (TPSA) is 68.4 Å². The zero-order valence-corrected chi connectivity index (χ0v) is 24.4. The summed E-state index contributed by atoms with van der Waals surface area (Å²) >= 11 is 0. The Hall–Kier alpha value is -2.09. The maximum absolute atomic E-state index is 13.4. The van der Waals surface area contributed by atoms with Crippen LogP contribution in [-0.4, -0.2) is 46.5 Å². The van der Waals surface area contributed by atoms with E-state index in [4.69, 9.17) is 20.3 Å². The minimum atomic E-state index is -2.12. The number of hydrogen-bond donors (Lipinski definition) is 0. The zero-order chi connectivity index (χ0) is 26.0. The van der Waals surface area contributed by atoms with E-state index >= 15 is 0 Å². The van der Waals surface area contributed by atoms with Gasteiger partial charge in [0, 0.05) is 20.1 Å². The molecule has 6 nitrogen and oxygen atoms in total. The Morgan fingerprint density at radius 1 is 1.26 bits per heavy atom. The highest BCUT2D eigenvalue weighted by Gasteiger charge is 2.82. The SMILES string of the molecule is C#C[C@@H]1N(C(=O)OCC[Si](C)(C)C)c2ccc(O[Si](C)(C)C(C)(C)C)cc2[C@@]23O[C@@]12CCCC3=O. The number of Topliss-reactive ketones (excluding diaryl/α,β-unsaturated/α-hetero) is 1. The normalized spacial score (nSPS) is 27.8. The number of ketones is 1. The Kier molecular flexibility index (Phi) is 6.10. The summed E-state index contributed by atoms with van der Waals surface area (Å²) in [5.41, 5.74) is -0.763. The summed E-state index contributed by atoms with van der Waals surface area (Å²) in [5, 5.41) is 0.0163. The van der Waals surface area contributed by atoms with E-state index in [2.05, 4.69) is 59.4 Å². The first-order valence-corrected chi connectivity index (χ1v) is 19.2. The lowest BCUT2D eigenvalue weighted by Gasteiger charge is -2.41. The predicted octanol–water partition coefficient (Wildman–Crippen LogP) is 6.08. The van der Waals surface area contributed by atoms with Crippen molar-refractivity contribution in [2.24, 2.45) is 0 Å². The molecular weight excluding hydrogens is 474 g/mol. The first-order chi connectivity index (χ1) is 16.1. The predicted molar refractivity (Wildman–Crippen MR) is 143 cm³/mol. The van der Waals surface area contributed by atoms with Crippen LogP contribution in [0.1, 0.15) is 45.6 Å². The molecule has 1 saturated carbocycles. The summed E-state index contributed by atoms with van der Waals surface area (Å²) in [6.07, 6.45) is 7.27. The Morgan fingerprint density at radius 3 is 2.54 bits per heavy atom. The minimum absolute atomic E-state index is 0.0163. The van der Waals surface area contributed by atoms with Crippen molar-refractivity contribution >= 4 is 34.0 Å². The maximum Gasteiger partial charge on any atom is 0.415 e. The zero-order valence-electron chi connectivity index (χ0n) is 22.4. The van der Waals surface area contributed by atoms with Gasteiger partial charge in [0.25, 0.3) is 0 Å². The fraction of sp³-hybridized carbons (Fsp3) is 0.630. The molecule has 2 heterocycles. The minimum Gasteiger partial charge on any atom is -0.543 e. The molecule has 8 heteroatoms. The molecule has 0 unspecified atom stereocenters. The number of fused-ring (bicyclic) bond motifs is 1. The Bertz CT molecular complexity index is 1100. The number of epoxide rings is 1. The van der Waals surface area contributed by atoms with Gasteiger partial charge in [-0.05, 0) is 55.2 Å². The molecule has 3 aliphatic rings. The molecule has 190 valence electrons. The lowest BCUT2D eigenvalue weighted by Crippen LogP contribution is -2.57. The van der Waals surface area contributed by atoms with Crippen molar-refractivity contribution in [1.82, 2.24) is 0 Å². The van der Waals surface area contributed by atoms with E-state index in [0.717, 1.165) is 6.04 Å². The number of amides is 1. The molecule has 1 amide bonds. The van der Waals surface area contributed by atoms with Crippen LogP contribution in [0.25, 0.3) is 0 Å². The lowest BCUT2D eigenvalue weighted by molar-refractivity contribution is -0.125. The van der Waals surface area contributed by atoms with Crippen molar-refractivity contribution < 1.29 is 23.5 Å². The number of terminal acetylenes is 1. The molecule has 4 rings (SSSR count). The van der Waals surface area contributed by atoms with Crippen LogP contribution in [0.4, 0.5) is 10.5 Å². The number of hydrogen-bond acceptors (Lipinski definition) is 5. The van der Waals surface area contributed by atoms with Gasteiger partial charge < -0.3 is 13.9 Å². The van der Waals surface area contributed by atoms with Gasteiger partial charge in [-0.15, -0.1) is 6.42 Å². The highest BCUT2D eigenvalue weighted by atomic mass is 28.4. The third kappa shape index (κ3) is 4.06. The van der Waals surface area contributed by atoms with Crippen LogP contribution in [0, 0.1) is 12.3 Å². The van der Waals surface area contributed by atoms with Gasteiger partial charge in [-0.2, -0.15) is 0 Å². The van der Waals surface area contributed by atoms with Gasteiger partial charge in [-0.25, -0.2) is 4.79 Å². The number of ether oxygens (including phenoxy) is 2. The average molecular weight is 514 g/mol. The van der Waals surface area contributed by atoms with E-state index in [1.807, 2.05) is 18.2 Å². The smallest absolute Gasteiger partial charge is 0.415 e. The van der Waals surface area contributed by atoms with Gasteiger partial charge in [-0.3, -0.25) is 9.69 Å². The second-order valence-electron chi connectivity index (χ2n) is 12.9. The van der Waals surface area contributed by atoms with Crippen LogP contribution < -0.4 is 9.33 Å². The van der Waals surface area contributed by atoms with Gasteiger partial charge in [-0.1, -0.05) is 46.3 Å². The molecule has 0 spiro atoms. The summed E-state index contributed by atoms with van der Waals surface area (Å²) in [5.74, 6) is 3.51. The highest BCUT2D eigenvalue weighted by Crippen LogP contribution is 2.69. The fourth-order valence-corrected chi connectivity index (χ4v) is 6.80. The number of carbonyl (C=O) groups excluding carboxylic acids is 2. The molecule has 1 aliphatic carbocycles. The highest BCUT2D eigenvalue weighted by molar-refractivity contribution is 6.76.